The molecule has 2 aliphatic rings. The fourth-order valence-corrected chi connectivity index (χ4v) is 4.93. The van der Waals surface area contributed by atoms with Crippen LogP contribution < -0.4 is 25.1 Å². The average molecular weight is 582 g/mol. The van der Waals surface area contributed by atoms with Gasteiger partial charge in [-0.3, -0.25) is 19.3 Å². The minimum atomic E-state index is -4.16. The number of rotatable bonds is 10. The molecule has 0 saturated carbocycles. The van der Waals surface area contributed by atoms with Gasteiger partial charge in [0, 0.05) is 32.1 Å². The van der Waals surface area contributed by atoms with Gasteiger partial charge in [0.15, 0.2) is 0 Å². The van der Waals surface area contributed by atoms with Crippen molar-refractivity contribution in [1.29, 1.82) is 0 Å². The van der Waals surface area contributed by atoms with Crippen molar-refractivity contribution in [1.82, 2.24) is 25.2 Å². The first-order chi connectivity index (χ1) is 18.8. The van der Waals surface area contributed by atoms with Gasteiger partial charge in [-0.1, -0.05) is 19.1 Å². The third kappa shape index (κ3) is 7.06. The normalized spacial score (nSPS) is 18.9. The Labute approximate surface area is 230 Å². The molecule has 16 nitrogen and oxygen atoms in total. The standard InChI is InChI=1S/C22H31BN6O10S/c1-3-12(11-25-40(24,37)38)16(27-22(35)29-9-8-28(4-2)19(31)20(29)32)18(30)26-15-10-13-6-5-7-14(21(33)34)17(13)39-23(15)36/h5-7,12,15-16,25,36H,3-4,8-11H2,1-2H3,(H,26,30)(H,27,35)(H,33,34)(H2,24,37,38)/t12?,15-,16?/m0/s1. The lowest BCUT2D eigenvalue weighted by molar-refractivity contribution is -0.153. The zero-order valence-electron chi connectivity index (χ0n) is 21.8. The summed E-state index contributed by atoms with van der Waals surface area (Å²) in [7, 11) is -5.82. The number of hydrogen-bond acceptors (Lipinski definition) is 9. The van der Waals surface area contributed by atoms with Crippen LogP contribution in [0.5, 0.6) is 5.75 Å². The van der Waals surface area contributed by atoms with E-state index in [2.05, 4.69) is 15.4 Å². The van der Waals surface area contributed by atoms with Crippen molar-refractivity contribution in [2.45, 2.75) is 38.7 Å². The van der Waals surface area contributed by atoms with Crippen LogP contribution in [0, 0.1) is 5.92 Å². The molecule has 3 rings (SSSR count). The van der Waals surface area contributed by atoms with Gasteiger partial charge in [0.05, 0.1) is 11.5 Å². The molecule has 3 atom stereocenters. The molecule has 18 heteroatoms. The summed E-state index contributed by atoms with van der Waals surface area (Å²) in [6, 6.07) is 1.86. The first-order valence-electron chi connectivity index (χ1n) is 12.5. The van der Waals surface area contributed by atoms with Crippen molar-refractivity contribution in [3.8, 4) is 5.75 Å². The Morgan fingerprint density at radius 3 is 2.50 bits per heavy atom. The molecule has 1 aromatic carbocycles. The third-order valence-corrected chi connectivity index (χ3v) is 7.29. The number of likely N-dealkylation sites (N-methyl/N-ethyl adjacent to an activating group) is 1. The average Bonchev–Trinajstić information content (AvgIpc) is 2.89. The van der Waals surface area contributed by atoms with Crippen molar-refractivity contribution in [2.75, 3.05) is 26.2 Å². The largest absolute Gasteiger partial charge is 0.547 e. The number of hydrogen-bond donors (Lipinski definition) is 6. The van der Waals surface area contributed by atoms with Crippen molar-refractivity contribution < 1.29 is 47.2 Å². The summed E-state index contributed by atoms with van der Waals surface area (Å²) in [5.41, 5.74) is 0.228. The molecule has 40 heavy (non-hydrogen) atoms. The third-order valence-electron chi connectivity index (χ3n) is 6.72. The fourth-order valence-electron chi connectivity index (χ4n) is 4.49. The maximum atomic E-state index is 13.5. The first kappa shape index (κ1) is 30.8. The molecule has 1 aromatic rings. The fraction of sp³-hybridized carbons (Fsp3) is 0.500. The zero-order chi connectivity index (χ0) is 29.8. The second-order valence-electron chi connectivity index (χ2n) is 9.26. The van der Waals surface area contributed by atoms with Crippen molar-refractivity contribution in [3.05, 3.63) is 29.3 Å². The molecule has 0 aliphatic carbocycles. The van der Waals surface area contributed by atoms with Crippen LogP contribution >= 0.6 is 0 Å². The minimum absolute atomic E-state index is 0.0256. The van der Waals surface area contributed by atoms with Crippen molar-refractivity contribution >= 4 is 47.0 Å². The van der Waals surface area contributed by atoms with Crippen molar-refractivity contribution in [2.24, 2.45) is 11.1 Å². The predicted octanol–water partition coefficient (Wildman–Crippen LogP) is -2.59. The lowest BCUT2D eigenvalue weighted by Crippen LogP contribution is -2.63. The number of carbonyl (C=O) groups excluding carboxylic acids is 4. The molecule has 2 aliphatic heterocycles. The molecule has 0 radical (unpaired) electrons. The molecular weight excluding hydrogens is 551 g/mol. The van der Waals surface area contributed by atoms with Crippen LogP contribution in [0.3, 0.4) is 0 Å². The molecule has 0 spiro atoms. The van der Waals surface area contributed by atoms with Crippen LogP contribution in [0.2, 0.25) is 0 Å². The van der Waals surface area contributed by atoms with E-state index in [0.29, 0.717) is 10.5 Å². The Bertz CT molecular complexity index is 1290. The van der Waals surface area contributed by atoms with Crippen LogP contribution in [0.25, 0.3) is 0 Å². The van der Waals surface area contributed by atoms with Gasteiger partial charge in [0.1, 0.15) is 11.8 Å². The molecule has 1 fully saturated rings. The number of aromatic carboxylic acids is 1. The Morgan fingerprint density at radius 1 is 1.20 bits per heavy atom. The Kier molecular flexibility index (Phi) is 9.72. The molecule has 7 N–H and O–H groups in total. The van der Waals surface area contributed by atoms with Crippen LogP contribution in [0.4, 0.5) is 4.79 Å². The summed E-state index contributed by atoms with van der Waals surface area (Å²) in [6.07, 6.45) is 0.133. The van der Waals surface area contributed by atoms with Gasteiger partial charge < -0.3 is 30.3 Å². The smallest absolute Gasteiger partial charge is 0.534 e. The molecule has 1 saturated heterocycles. The van der Waals surface area contributed by atoms with Gasteiger partial charge in [0.2, 0.25) is 5.91 Å². The number of nitrogens with one attached hydrogen (secondary N) is 3. The summed E-state index contributed by atoms with van der Waals surface area (Å²) >= 11 is 0. The molecule has 2 heterocycles. The van der Waals surface area contributed by atoms with Crippen LogP contribution in [0.1, 0.15) is 36.2 Å². The number of piperazine rings is 1. The highest BCUT2D eigenvalue weighted by Gasteiger charge is 2.42. The Hall–Kier alpha value is -3.74. The van der Waals surface area contributed by atoms with Gasteiger partial charge in [-0.2, -0.15) is 8.42 Å². The number of fused-ring (bicyclic) bond motifs is 1. The van der Waals surface area contributed by atoms with Gasteiger partial charge >= 0.3 is 30.9 Å². The van der Waals surface area contributed by atoms with Gasteiger partial charge in [-0.15, -0.1) is 0 Å². The van der Waals surface area contributed by atoms with Crippen LogP contribution in [-0.4, -0.2) is 103 Å². The highest BCUT2D eigenvalue weighted by molar-refractivity contribution is 7.87. The number of nitrogens with zero attached hydrogens (tertiary/aromatic N) is 2. The van der Waals surface area contributed by atoms with E-state index in [4.69, 9.17) is 9.79 Å². The van der Waals surface area contributed by atoms with E-state index >= 15 is 0 Å². The van der Waals surface area contributed by atoms with E-state index < -0.39 is 65.0 Å². The lowest BCUT2D eigenvalue weighted by atomic mass is 9.72. The zero-order valence-corrected chi connectivity index (χ0v) is 22.6. The van der Waals surface area contributed by atoms with Gasteiger partial charge in [-0.25, -0.2) is 19.5 Å². The van der Waals surface area contributed by atoms with Gasteiger partial charge in [-0.05, 0) is 31.4 Å². The highest BCUT2D eigenvalue weighted by atomic mass is 32.2. The van der Waals surface area contributed by atoms with Crippen molar-refractivity contribution in [3.63, 3.8) is 0 Å². The Balaban J connectivity index is 1.83. The molecule has 2 unspecified atom stereocenters. The lowest BCUT2D eigenvalue weighted by Gasteiger charge is -2.35. The summed E-state index contributed by atoms with van der Waals surface area (Å²) in [4.78, 5) is 64.7. The van der Waals surface area contributed by atoms with E-state index in [1.54, 1.807) is 19.9 Å². The molecule has 5 amide bonds. The quantitative estimate of drug-likeness (QED) is 0.124. The summed E-state index contributed by atoms with van der Waals surface area (Å²) in [5.74, 6) is -6.09. The number of benzene rings is 1. The second kappa shape index (κ2) is 12.6. The number of amides is 5. The van der Waals surface area contributed by atoms with Crippen LogP contribution in [-0.2, 0) is 31.0 Å². The maximum absolute atomic E-state index is 13.5. The first-order valence-corrected chi connectivity index (χ1v) is 14.0. The van der Waals surface area contributed by atoms with Crippen LogP contribution in [0.15, 0.2) is 18.2 Å². The van der Waals surface area contributed by atoms with E-state index in [1.165, 1.54) is 17.0 Å². The SMILES string of the molecule is CCC(CNS(N)(=O)=O)C(NC(=O)N1CCN(CC)C(=O)C1=O)C(=O)N[C@H]1Cc2cccc(C(=O)O)c2OB1O. The maximum Gasteiger partial charge on any atom is 0.547 e. The number of carboxylic acids is 1. The highest BCUT2D eigenvalue weighted by Crippen LogP contribution is 2.30. The van der Waals surface area contributed by atoms with E-state index in [9.17, 15) is 42.5 Å². The minimum Gasteiger partial charge on any atom is -0.534 e. The van der Waals surface area contributed by atoms with E-state index in [0.717, 1.165) is 0 Å². The number of urea groups is 1. The second-order valence-corrected chi connectivity index (χ2v) is 10.6. The van der Waals surface area contributed by atoms with E-state index in [1.807, 2.05) is 0 Å². The molecule has 0 aromatic heterocycles. The molecule has 218 valence electrons. The van der Waals surface area contributed by atoms with E-state index in [-0.39, 0.29) is 50.3 Å². The summed E-state index contributed by atoms with van der Waals surface area (Å²) in [6.45, 7) is 3.18. The predicted molar refractivity (Wildman–Crippen MR) is 139 cm³/mol. The monoisotopic (exact) mass is 582 g/mol. The topological polar surface area (TPSA) is 238 Å². The summed E-state index contributed by atoms with van der Waals surface area (Å²) < 4.78 is 30.5. The number of carbonyl (C=O) groups is 5. The number of para-hydroxylation sites is 1. The number of nitrogens with two attached hydrogens (primary N) is 1. The number of imide groups is 1. The Morgan fingerprint density at radius 2 is 1.90 bits per heavy atom. The molecule has 0 bridgehead atoms. The summed E-state index contributed by atoms with van der Waals surface area (Å²) in [5, 5.41) is 29.9. The number of carboxylic acid groups (broad SMARTS) is 1. The molecular formula is C22H31BN6O10S. The van der Waals surface area contributed by atoms with Gasteiger partial charge in [0.25, 0.3) is 10.2 Å².